The SMILES string of the molecule is NC(=O)c1ccccc1NC(=O)CSCc1nc(N)nc(Nc2ccccc2)n1. The summed E-state index contributed by atoms with van der Waals surface area (Å²) in [4.78, 5) is 36.1. The van der Waals surface area contributed by atoms with Crippen molar-refractivity contribution in [2.24, 2.45) is 5.73 Å². The number of carbonyl (C=O) groups is 2. The van der Waals surface area contributed by atoms with Crippen molar-refractivity contribution >= 4 is 46.8 Å². The van der Waals surface area contributed by atoms with Gasteiger partial charge in [0.2, 0.25) is 17.8 Å². The van der Waals surface area contributed by atoms with Gasteiger partial charge in [0.25, 0.3) is 5.91 Å². The van der Waals surface area contributed by atoms with Gasteiger partial charge in [-0.05, 0) is 24.3 Å². The maximum Gasteiger partial charge on any atom is 0.250 e. The van der Waals surface area contributed by atoms with Gasteiger partial charge in [0.1, 0.15) is 5.82 Å². The fraction of sp³-hybridized carbons (Fsp3) is 0.105. The van der Waals surface area contributed by atoms with E-state index in [-0.39, 0.29) is 23.2 Å². The minimum atomic E-state index is -0.604. The number of carbonyl (C=O) groups excluding carboxylic acids is 2. The van der Waals surface area contributed by atoms with Gasteiger partial charge in [-0.1, -0.05) is 30.3 Å². The topological polar surface area (TPSA) is 149 Å². The highest BCUT2D eigenvalue weighted by atomic mass is 32.2. The van der Waals surface area contributed by atoms with Gasteiger partial charge in [0.05, 0.1) is 22.8 Å². The predicted molar refractivity (Wildman–Crippen MR) is 114 cm³/mol. The quantitative estimate of drug-likeness (QED) is 0.442. The Morgan fingerprint density at radius 3 is 2.45 bits per heavy atom. The second-order valence-corrected chi connectivity index (χ2v) is 6.86. The summed E-state index contributed by atoms with van der Waals surface area (Å²) in [5, 5.41) is 5.74. The average molecular weight is 409 g/mol. The number of nitrogen functional groups attached to an aromatic ring is 1. The van der Waals surface area contributed by atoms with Crippen LogP contribution in [0.25, 0.3) is 0 Å². The van der Waals surface area contributed by atoms with Crippen LogP contribution in [0.5, 0.6) is 0 Å². The number of hydrogen-bond acceptors (Lipinski definition) is 8. The lowest BCUT2D eigenvalue weighted by atomic mass is 10.1. The molecule has 0 aliphatic heterocycles. The first-order chi connectivity index (χ1) is 14.0. The van der Waals surface area contributed by atoms with E-state index in [2.05, 4.69) is 25.6 Å². The van der Waals surface area contributed by atoms with E-state index in [1.807, 2.05) is 30.3 Å². The van der Waals surface area contributed by atoms with Crippen LogP contribution in [0.4, 0.5) is 23.3 Å². The summed E-state index contributed by atoms with van der Waals surface area (Å²) in [5.74, 6) is 0.501. The number of thioether (sulfide) groups is 1. The van der Waals surface area contributed by atoms with E-state index in [1.165, 1.54) is 11.8 Å². The Hall–Kier alpha value is -3.66. The number of para-hydroxylation sites is 2. The first kappa shape index (κ1) is 20.1. The van der Waals surface area contributed by atoms with Crippen molar-refractivity contribution in [3.8, 4) is 0 Å². The van der Waals surface area contributed by atoms with Gasteiger partial charge in [-0.15, -0.1) is 11.8 Å². The fourth-order valence-corrected chi connectivity index (χ4v) is 3.11. The smallest absolute Gasteiger partial charge is 0.250 e. The van der Waals surface area contributed by atoms with Gasteiger partial charge in [0.15, 0.2) is 0 Å². The molecule has 0 fully saturated rings. The van der Waals surface area contributed by atoms with Gasteiger partial charge in [0, 0.05) is 5.69 Å². The van der Waals surface area contributed by atoms with Crippen LogP contribution in [0.2, 0.25) is 0 Å². The molecule has 0 spiro atoms. The minimum absolute atomic E-state index is 0.0915. The fourth-order valence-electron chi connectivity index (χ4n) is 2.44. The summed E-state index contributed by atoms with van der Waals surface area (Å²) >= 11 is 1.31. The summed E-state index contributed by atoms with van der Waals surface area (Å²) in [7, 11) is 0. The second kappa shape index (κ2) is 9.51. The Kier molecular flexibility index (Phi) is 6.59. The third kappa shape index (κ3) is 5.91. The zero-order chi connectivity index (χ0) is 20.6. The summed E-state index contributed by atoms with van der Waals surface area (Å²) in [6.07, 6.45) is 0. The van der Waals surface area contributed by atoms with Crippen molar-refractivity contribution in [1.29, 1.82) is 0 Å². The monoisotopic (exact) mass is 409 g/mol. The molecule has 0 radical (unpaired) electrons. The van der Waals surface area contributed by atoms with Gasteiger partial charge < -0.3 is 22.1 Å². The molecule has 148 valence electrons. The van der Waals surface area contributed by atoms with E-state index in [0.717, 1.165) is 5.69 Å². The van der Waals surface area contributed by atoms with E-state index in [9.17, 15) is 9.59 Å². The van der Waals surface area contributed by atoms with Crippen LogP contribution < -0.4 is 22.1 Å². The largest absolute Gasteiger partial charge is 0.368 e. The zero-order valence-corrected chi connectivity index (χ0v) is 16.1. The predicted octanol–water partition coefficient (Wildman–Crippen LogP) is 2.17. The molecular weight excluding hydrogens is 390 g/mol. The highest BCUT2D eigenvalue weighted by Crippen LogP contribution is 2.17. The van der Waals surface area contributed by atoms with Crippen LogP contribution in [-0.4, -0.2) is 32.5 Å². The van der Waals surface area contributed by atoms with Crippen LogP contribution in [0.15, 0.2) is 54.6 Å². The number of rotatable bonds is 8. The highest BCUT2D eigenvalue weighted by Gasteiger charge is 2.11. The van der Waals surface area contributed by atoms with Crippen molar-refractivity contribution in [3.05, 3.63) is 66.0 Å². The molecule has 1 aromatic heterocycles. The number of hydrogen-bond donors (Lipinski definition) is 4. The molecule has 0 saturated heterocycles. The lowest BCUT2D eigenvalue weighted by Gasteiger charge is -2.09. The molecule has 0 bridgehead atoms. The molecule has 0 atom stereocenters. The molecule has 3 aromatic rings. The number of amides is 2. The van der Waals surface area contributed by atoms with Crippen molar-refractivity contribution < 1.29 is 9.59 Å². The Morgan fingerprint density at radius 1 is 0.966 bits per heavy atom. The second-order valence-electron chi connectivity index (χ2n) is 5.88. The number of anilines is 4. The molecule has 6 N–H and O–H groups in total. The van der Waals surface area contributed by atoms with Crippen molar-refractivity contribution in [1.82, 2.24) is 15.0 Å². The van der Waals surface area contributed by atoms with Crippen molar-refractivity contribution in [3.63, 3.8) is 0 Å². The molecule has 10 heteroatoms. The molecule has 3 rings (SSSR count). The molecule has 1 heterocycles. The summed E-state index contributed by atoms with van der Waals surface area (Å²) < 4.78 is 0. The lowest BCUT2D eigenvalue weighted by molar-refractivity contribution is -0.113. The Bertz CT molecular complexity index is 1010. The Labute approximate surface area is 171 Å². The van der Waals surface area contributed by atoms with Crippen LogP contribution in [0.1, 0.15) is 16.2 Å². The maximum absolute atomic E-state index is 12.2. The molecule has 0 aliphatic carbocycles. The molecule has 2 amide bonds. The summed E-state index contributed by atoms with van der Waals surface area (Å²) in [6, 6.07) is 16.0. The van der Waals surface area contributed by atoms with E-state index in [4.69, 9.17) is 11.5 Å². The van der Waals surface area contributed by atoms with Gasteiger partial charge in [-0.2, -0.15) is 15.0 Å². The van der Waals surface area contributed by atoms with E-state index >= 15 is 0 Å². The normalized spacial score (nSPS) is 10.3. The standard InChI is InChI=1S/C19H19N7O2S/c20-17(28)13-8-4-5-9-14(13)23-16(27)11-29-10-15-24-18(21)26-19(25-15)22-12-6-2-1-3-7-12/h1-9H,10-11H2,(H2,20,28)(H,23,27)(H3,21,22,24,25,26). The van der Waals surface area contributed by atoms with Crippen molar-refractivity contribution in [2.75, 3.05) is 22.1 Å². The van der Waals surface area contributed by atoms with Crippen LogP contribution in [-0.2, 0) is 10.5 Å². The van der Waals surface area contributed by atoms with E-state index in [0.29, 0.717) is 23.2 Å². The molecule has 2 aromatic carbocycles. The molecule has 9 nitrogen and oxygen atoms in total. The zero-order valence-electron chi connectivity index (χ0n) is 15.3. The molecule has 0 unspecified atom stereocenters. The summed E-state index contributed by atoms with van der Waals surface area (Å²) in [5.41, 5.74) is 12.5. The summed E-state index contributed by atoms with van der Waals surface area (Å²) in [6.45, 7) is 0. The highest BCUT2D eigenvalue weighted by molar-refractivity contribution is 7.99. The Morgan fingerprint density at radius 2 is 1.69 bits per heavy atom. The van der Waals surface area contributed by atoms with Crippen molar-refractivity contribution in [2.45, 2.75) is 5.75 Å². The molecule has 0 aliphatic rings. The lowest BCUT2D eigenvalue weighted by Crippen LogP contribution is -2.19. The molecular formula is C19H19N7O2S. The number of benzene rings is 2. The number of nitrogens with two attached hydrogens (primary N) is 2. The number of aromatic nitrogens is 3. The number of primary amides is 1. The number of nitrogens with one attached hydrogen (secondary N) is 2. The van der Waals surface area contributed by atoms with Crippen LogP contribution >= 0.6 is 11.8 Å². The third-order valence-electron chi connectivity index (χ3n) is 3.66. The maximum atomic E-state index is 12.2. The van der Waals surface area contributed by atoms with Gasteiger partial charge in [-0.3, -0.25) is 9.59 Å². The first-order valence-electron chi connectivity index (χ1n) is 8.60. The van der Waals surface area contributed by atoms with Crippen LogP contribution in [0, 0.1) is 0 Å². The van der Waals surface area contributed by atoms with Gasteiger partial charge in [-0.25, -0.2) is 0 Å². The minimum Gasteiger partial charge on any atom is -0.368 e. The first-order valence-corrected chi connectivity index (χ1v) is 9.75. The molecule has 29 heavy (non-hydrogen) atoms. The van der Waals surface area contributed by atoms with E-state index in [1.54, 1.807) is 24.3 Å². The average Bonchev–Trinajstić information content (AvgIpc) is 2.68. The molecule has 0 saturated carbocycles. The Balaban J connectivity index is 1.56. The van der Waals surface area contributed by atoms with Gasteiger partial charge >= 0.3 is 0 Å². The third-order valence-corrected chi connectivity index (χ3v) is 4.59. The number of nitrogens with zero attached hydrogens (tertiary/aromatic N) is 3. The van der Waals surface area contributed by atoms with Crippen LogP contribution in [0.3, 0.4) is 0 Å². The van der Waals surface area contributed by atoms with E-state index < -0.39 is 5.91 Å².